The number of nitrogens with zero attached hydrogens (tertiary/aromatic N) is 3. The smallest absolute Gasteiger partial charge is 0.450 e. The van der Waals surface area contributed by atoms with E-state index in [1.165, 1.54) is 22.9 Å². The largest absolute Gasteiger partial charge is 0.507 e. The molecule has 0 spiro atoms. The van der Waals surface area contributed by atoms with Gasteiger partial charge in [0.15, 0.2) is 6.23 Å². The van der Waals surface area contributed by atoms with Crippen molar-refractivity contribution in [3.63, 3.8) is 0 Å². The Hall–Kier alpha value is -2.90. The minimum Gasteiger partial charge on any atom is -0.450 e. The zero-order chi connectivity index (χ0) is 16.4. The Morgan fingerprint density at radius 3 is 2.83 bits per heavy atom. The van der Waals surface area contributed by atoms with Crippen LogP contribution in [0.3, 0.4) is 0 Å². The first kappa shape index (κ1) is 15.0. The minimum atomic E-state index is -1.43. The number of rotatable bonds is 3. The van der Waals surface area contributed by atoms with Crippen molar-refractivity contribution < 1.29 is 19.0 Å². The molecule has 0 bridgehead atoms. The van der Waals surface area contributed by atoms with Crippen molar-refractivity contribution in [1.82, 2.24) is 14.3 Å². The molecule has 7 nitrogen and oxygen atoms in total. The predicted octanol–water partition coefficient (Wildman–Crippen LogP) is 2.34. The van der Waals surface area contributed by atoms with Gasteiger partial charge < -0.3 is 9.84 Å². The maximum absolute atomic E-state index is 12.9. The number of hydrogen-bond acceptors (Lipinski definition) is 4. The van der Waals surface area contributed by atoms with Crippen LogP contribution in [-0.4, -0.2) is 25.6 Å². The number of ether oxygens (including phenoxy) is 1. The Balaban J connectivity index is 1.90. The summed E-state index contributed by atoms with van der Waals surface area (Å²) in [6.45, 7) is 0. The third-order valence-electron chi connectivity index (χ3n) is 3.56. The average Bonchev–Trinajstić information content (AvgIpc) is 2.84. The zero-order valence-electron chi connectivity index (χ0n) is 12.1. The lowest BCUT2D eigenvalue weighted by Gasteiger charge is -2.21. The predicted molar refractivity (Wildman–Crippen MR) is 79.2 cm³/mol. The standard InChI is InChI=1S/C15H14FN3O4/c16-11-6-4-10(5-7-11)8-9-18-14(20)19-12(17-18)2-1-3-13(19)23-15(21)22/h4-9,13H,1-3H2,(H,21,22)/b9-8+/t13-/m0/s1. The number of hydrogen-bond donors (Lipinski definition) is 1. The van der Waals surface area contributed by atoms with E-state index in [1.807, 2.05) is 0 Å². The van der Waals surface area contributed by atoms with Crippen LogP contribution in [0, 0.1) is 5.82 Å². The van der Waals surface area contributed by atoms with Gasteiger partial charge in [0.25, 0.3) is 0 Å². The highest BCUT2D eigenvalue weighted by atomic mass is 19.1. The van der Waals surface area contributed by atoms with Crippen molar-refractivity contribution >= 4 is 18.4 Å². The average molecular weight is 319 g/mol. The van der Waals surface area contributed by atoms with Gasteiger partial charge in [-0.25, -0.2) is 18.5 Å². The fourth-order valence-electron chi connectivity index (χ4n) is 2.52. The molecule has 2 aromatic rings. The van der Waals surface area contributed by atoms with Crippen molar-refractivity contribution in [1.29, 1.82) is 0 Å². The second-order valence-corrected chi connectivity index (χ2v) is 5.11. The molecule has 1 aliphatic heterocycles. The van der Waals surface area contributed by atoms with Gasteiger partial charge in [-0.1, -0.05) is 12.1 Å². The normalized spacial score (nSPS) is 17.2. The molecule has 23 heavy (non-hydrogen) atoms. The molecular formula is C15H14FN3O4. The van der Waals surface area contributed by atoms with Crippen molar-refractivity contribution in [2.24, 2.45) is 0 Å². The summed E-state index contributed by atoms with van der Waals surface area (Å²) in [6, 6.07) is 5.78. The molecule has 0 unspecified atom stereocenters. The lowest BCUT2D eigenvalue weighted by molar-refractivity contribution is 0.00403. The first-order chi connectivity index (χ1) is 11.0. The zero-order valence-corrected chi connectivity index (χ0v) is 12.1. The molecule has 0 amide bonds. The molecule has 0 radical (unpaired) electrons. The second kappa shape index (κ2) is 6.07. The van der Waals surface area contributed by atoms with E-state index < -0.39 is 18.1 Å². The third kappa shape index (κ3) is 3.15. The van der Waals surface area contributed by atoms with Crippen molar-refractivity contribution in [2.75, 3.05) is 0 Å². The summed E-state index contributed by atoms with van der Waals surface area (Å²) in [7, 11) is 0. The highest BCUT2D eigenvalue weighted by Crippen LogP contribution is 2.22. The van der Waals surface area contributed by atoms with Crippen molar-refractivity contribution in [3.05, 3.63) is 52.0 Å². The molecule has 8 heteroatoms. The summed E-state index contributed by atoms with van der Waals surface area (Å²) in [5, 5.41) is 12.9. The van der Waals surface area contributed by atoms with Gasteiger partial charge >= 0.3 is 11.8 Å². The van der Waals surface area contributed by atoms with Crippen LogP contribution in [0.2, 0.25) is 0 Å². The monoisotopic (exact) mass is 319 g/mol. The lowest BCUT2D eigenvalue weighted by atomic mass is 10.1. The molecule has 0 aliphatic carbocycles. The first-order valence-corrected chi connectivity index (χ1v) is 7.08. The number of fused-ring (bicyclic) bond motifs is 1. The van der Waals surface area contributed by atoms with Crippen molar-refractivity contribution in [2.45, 2.75) is 25.5 Å². The molecule has 1 N–H and O–H groups in total. The molecule has 1 atom stereocenters. The maximum atomic E-state index is 12.9. The van der Waals surface area contributed by atoms with Gasteiger partial charge in [-0.2, -0.15) is 9.78 Å². The van der Waals surface area contributed by atoms with E-state index in [0.717, 1.165) is 4.68 Å². The molecule has 1 aromatic carbocycles. The van der Waals surface area contributed by atoms with Gasteiger partial charge in [0.2, 0.25) is 0 Å². The van der Waals surface area contributed by atoms with Crippen LogP contribution in [0.15, 0.2) is 29.1 Å². The van der Waals surface area contributed by atoms with Crippen LogP contribution in [0.1, 0.15) is 30.5 Å². The van der Waals surface area contributed by atoms with Crippen LogP contribution in [0.4, 0.5) is 9.18 Å². The van der Waals surface area contributed by atoms with Crippen LogP contribution in [0.25, 0.3) is 12.3 Å². The summed E-state index contributed by atoms with van der Waals surface area (Å²) in [6.07, 6.45) is 2.50. The van der Waals surface area contributed by atoms with E-state index in [1.54, 1.807) is 18.2 Å². The fourth-order valence-corrected chi connectivity index (χ4v) is 2.52. The van der Waals surface area contributed by atoms with Crippen LogP contribution in [0.5, 0.6) is 0 Å². The molecule has 2 heterocycles. The molecule has 120 valence electrons. The topological polar surface area (TPSA) is 86.3 Å². The molecule has 0 saturated heterocycles. The summed E-state index contributed by atoms with van der Waals surface area (Å²) in [4.78, 5) is 23.1. The van der Waals surface area contributed by atoms with E-state index in [2.05, 4.69) is 5.10 Å². The van der Waals surface area contributed by atoms with E-state index in [4.69, 9.17) is 9.84 Å². The second-order valence-electron chi connectivity index (χ2n) is 5.11. The van der Waals surface area contributed by atoms with Gasteiger partial charge in [-0.05, 0) is 30.2 Å². The number of halogens is 1. The quantitative estimate of drug-likeness (QED) is 0.878. The summed E-state index contributed by atoms with van der Waals surface area (Å²) in [5.41, 5.74) is 0.243. The SMILES string of the molecule is O=C(O)O[C@H]1CCCc2nn(/C=C/c3ccc(F)cc3)c(=O)n21. The number of aryl methyl sites for hydroxylation is 1. The number of aromatic nitrogens is 3. The van der Waals surface area contributed by atoms with E-state index >= 15 is 0 Å². The highest BCUT2D eigenvalue weighted by molar-refractivity contribution is 5.59. The fraction of sp³-hybridized carbons (Fsp3) is 0.267. The van der Waals surface area contributed by atoms with Crippen LogP contribution < -0.4 is 5.69 Å². The lowest BCUT2D eigenvalue weighted by Crippen LogP contribution is -2.31. The minimum absolute atomic E-state index is 0.342. The highest BCUT2D eigenvalue weighted by Gasteiger charge is 2.27. The van der Waals surface area contributed by atoms with Crippen LogP contribution >= 0.6 is 0 Å². The summed E-state index contributed by atoms with van der Waals surface area (Å²) in [5.74, 6) is 0.140. The number of benzene rings is 1. The Labute approximate surface area is 130 Å². The molecule has 0 fully saturated rings. The molecule has 0 saturated carbocycles. The van der Waals surface area contributed by atoms with Gasteiger partial charge in [0.1, 0.15) is 11.6 Å². The third-order valence-corrected chi connectivity index (χ3v) is 3.56. The Morgan fingerprint density at radius 2 is 2.13 bits per heavy atom. The van der Waals surface area contributed by atoms with Gasteiger partial charge in [0.05, 0.1) is 0 Å². The van der Waals surface area contributed by atoms with Crippen LogP contribution in [-0.2, 0) is 11.2 Å². The molecule has 1 aromatic heterocycles. The number of carboxylic acid groups (broad SMARTS) is 1. The molecule has 3 rings (SSSR count). The van der Waals surface area contributed by atoms with Gasteiger partial charge in [-0.3, -0.25) is 0 Å². The number of carbonyl (C=O) groups is 1. The summed E-state index contributed by atoms with van der Waals surface area (Å²) < 4.78 is 20.0. The Morgan fingerprint density at radius 1 is 1.39 bits per heavy atom. The van der Waals surface area contributed by atoms with E-state index in [0.29, 0.717) is 30.7 Å². The van der Waals surface area contributed by atoms with Gasteiger partial charge in [-0.15, -0.1) is 0 Å². The van der Waals surface area contributed by atoms with E-state index in [9.17, 15) is 14.0 Å². The maximum Gasteiger partial charge on any atom is 0.507 e. The summed E-state index contributed by atoms with van der Waals surface area (Å²) >= 11 is 0. The Kier molecular flexibility index (Phi) is 3.96. The Bertz CT molecular complexity index is 807. The first-order valence-electron chi connectivity index (χ1n) is 7.08. The molecular weight excluding hydrogens is 305 g/mol. The van der Waals surface area contributed by atoms with Gasteiger partial charge in [0, 0.05) is 19.0 Å². The molecule has 1 aliphatic rings. The van der Waals surface area contributed by atoms with E-state index in [-0.39, 0.29) is 5.82 Å². The van der Waals surface area contributed by atoms with Crippen molar-refractivity contribution in [3.8, 4) is 0 Å².